The van der Waals surface area contributed by atoms with E-state index in [1.807, 2.05) is 20.9 Å². The van der Waals surface area contributed by atoms with Crippen LogP contribution in [0.2, 0.25) is 5.15 Å². The molecular formula is C17H23ClFN3O. The van der Waals surface area contributed by atoms with Gasteiger partial charge in [-0.1, -0.05) is 30.7 Å². The van der Waals surface area contributed by atoms with Gasteiger partial charge in [0.05, 0.1) is 12.3 Å². The molecule has 0 bridgehead atoms. The van der Waals surface area contributed by atoms with E-state index in [1.165, 1.54) is 12.1 Å². The van der Waals surface area contributed by atoms with Crippen LogP contribution in [0.25, 0.3) is 0 Å². The second-order valence-corrected chi connectivity index (χ2v) is 6.11. The van der Waals surface area contributed by atoms with Gasteiger partial charge >= 0.3 is 0 Å². The zero-order valence-corrected chi connectivity index (χ0v) is 14.5. The van der Waals surface area contributed by atoms with Crippen LogP contribution in [0.15, 0.2) is 24.3 Å². The Balaban J connectivity index is 2.25. The highest BCUT2D eigenvalue weighted by molar-refractivity contribution is 6.30. The lowest BCUT2D eigenvalue weighted by molar-refractivity contribution is 0.106. The SMILES string of the molecule is CCC(CO)N(Cc1ccc(F)cc1)Cc1c(C)nn(C)c1Cl. The van der Waals surface area contributed by atoms with Crippen molar-refractivity contribution in [3.05, 3.63) is 52.1 Å². The molecule has 0 saturated carbocycles. The maximum absolute atomic E-state index is 13.1. The predicted octanol–water partition coefficient (Wildman–Crippen LogP) is 3.29. The molecular weight excluding hydrogens is 317 g/mol. The van der Waals surface area contributed by atoms with E-state index in [-0.39, 0.29) is 18.5 Å². The summed E-state index contributed by atoms with van der Waals surface area (Å²) in [5, 5.41) is 14.6. The van der Waals surface area contributed by atoms with Crippen LogP contribution in [0, 0.1) is 12.7 Å². The summed E-state index contributed by atoms with van der Waals surface area (Å²) in [4.78, 5) is 2.16. The van der Waals surface area contributed by atoms with E-state index < -0.39 is 0 Å². The van der Waals surface area contributed by atoms with Crippen molar-refractivity contribution in [1.82, 2.24) is 14.7 Å². The molecule has 2 aromatic rings. The quantitative estimate of drug-likeness (QED) is 0.841. The Morgan fingerprint density at radius 2 is 1.96 bits per heavy atom. The van der Waals surface area contributed by atoms with Crippen molar-refractivity contribution in [3.63, 3.8) is 0 Å². The monoisotopic (exact) mass is 339 g/mol. The third-order valence-corrected chi connectivity index (χ3v) is 4.60. The third kappa shape index (κ3) is 4.31. The van der Waals surface area contributed by atoms with Gasteiger partial charge in [-0.2, -0.15) is 5.10 Å². The van der Waals surface area contributed by atoms with Crippen molar-refractivity contribution in [2.45, 2.75) is 39.4 Å². The summed E-state index contributed by atoms with van der Waals surface area (Å²) in [5.74, 6) is -0.249. The molecule has 0 saturated heterocycles. The molecule has 0 radical (unpaired) electrons. The third-order valence-electron chi connectivity index (χ3n) is 4.13. The summed E-state index contributed by atoms with van der Waals surface area (Å²) in [6.07, 6.45) is 0.814. The largest absolute Gasteiger partial charge is 0.395 e. The Labute approximate surface area is 141 Å². The standard InChI is InChI=1S/C17H23ClFN3O/c1-4-15(11-23)22(9-13-5-7-14(19)8-6-13)10-16-12(2)20-21(3)17(16)18/h5-8,15,23H,4,9-11H2,1-3H3. The van der Waals surface area contributed by atoms with Gasteiger partial charge < -0.3 is 5.11 Å². The molecule has 126 valence electrons. The minimum absolute atomic E-state index is 0.00993. The topological polar surface area (TPSA) is 41.3 Å². The molecule has 1 unspecified atom stereocenters. The van der Waals surface area contributed by atoms with Crippen molar-refractivity contribution in [2.75, 3.05) is 6.61 Å². The maximum atomic E-state index is 13.1. The summed E-state index contributed by atoms with van der Waals surface area (Å²) in [6, 6.07) is 6.45. The fourth-order valence-electron chi connectivity index (χ4n) is 2.70. The summed E-state index contributed by atoms with van der Waals surface area (Å²) < 4.78 is 14.7. The predicted molar refractivity (Wildman–Crippen MR) is 89.8 cm³/mol. The molecule has 0 aliphatic heterocycles. The molecule has 4 nitrogen and oxygen atoms in total. The Bertz CT molecular complexity index is 638. The van der Waals surface area contributed by atoms with Crippen LogP contribution >= 0.6 is 11.6 Å². The second-order valence-electron chi connectivity index (χ2n) is 5.75. The maximum Gasteiger partial charge on any atom is 0.131 e. The molecule has 23 heavy (non-hydrogen) atoms. The smallest absolute Gasteiger partial charge is 0.131 e. The minimum Gasteiger partial charge on any atom is -0.395 e. The number of rotatable bonds is 7. The second kappa shape index (κ2) is 7.90. The number of aliphatic hydroxyl groups is 1. The van der Waals surface area contributed by atoms with Crippen molar-refractivity contribution >= 4 is 11.6 Å². The van der Waals surface area contributed by atoms with E-state index in [1.54, 1.807) is 16.8 Å². The average molecular weight is 340 g/mol. The van der Waals surface area contributed by atoms with Crippen LogP contribution in [0.3, 0.4) is 0 Å². The lowest BCUT2D eigenvalue weighted by Crippen LogP contribution is -2.36. The number of hydrogen-bond acceptors (Lipinski definition) is 3. The van der Waals surface area contributed by atoms with Crippen molar-refractivity contribution in [1.29, 1.82) is 0 Å². The highest BCUT2D eigenvalue weighted by Crippen LogP contribution is 2.23. The zero-order valence-electron chi connectivity index (χ0n) is 13.8. The first-order valence-electron chi connectivity index (χ1n) is 7.73. The number of aryl methyl sites for hydroxylation is 2. The van der Waals surface area contributed by atoms with E-state index in [4.69, 9.17) is 11.6 Å². The minimum atomic E-state index is -0.249. The molecule has 0 spiro atoms. The van der Waals surface area contributed by atoms with Gasteiger partial charge in [0.15, 0.2) is 0 Å². The van der Waals surface area contributed by atoms with Crippen molar-refractivity contribution in [2.24, 2.45) is 7.05 Å². The van der Waals surface area contributed by atoms with Gasteiger partial charge in [-0.05, 0) is 31.0 Å². The number of aromatic nitrogens is 2. The van der Waals surface area contributed by atoms with Gasteiger partial charge in [0, 0.05) is 31.7 Å². The molecule has 0 aliphatic rings. The molecule has 1 N–H and O–H groups in total. The Morgan fingerprint density at radius 1 is 1.30 bits per heavy atom. The molecule has 1 atom stereocenters. The Kier molecular flexibility index (Phi) is 6.16. The molecule has 2 rings (SSSR count). The fourth-order valence-corrected chi connectivity index (χ4v) is 2.93. The highest BCUT2D eigenvalue weighted by atomic mass is 35.5. The molecule has 1 aromatic heterocycles. The van der Waals surface area contributed by atoms with E-state index in [0.717, 1.165) is 23.2 Å². The van der Waals surface area contributed by atoms with Gasteiger partial charge in [-0.3, -0.25) is 9.58 Å². The van der Waals surface area contributed by atoms with Gasteiger partial charge in [-0.15, -0.1) is 0 Å². The Hall–Kier alpha value is -1.43. The first-order chi connectivity index (χ1) is 11.0. The number of aliphatic hydroxyl groups excluding tert-OH is 1. The van der Waals surface area contributed by atoms with Crippen LogP contribution < -0.4 is 0 Å². The number of nitrogens with zero attached hydrogens (tertiary/aromatic N) is 3. The molecule has 0 aliphatic carbocycles. The molecule has 6 heteroatoms. The van der Waals surface area contributed by atoms with Crippen LogP contribution in [0.5, 0.6) is 0 Å². The highest BCUT2D eigenvalue weighted by Gasteiger charge is 2.21. The van der Waals surface area contributed by atoms with Crippen LogP contribution in [0.1, 0.15) is 30.2 Å². The van der Waals surface area contributed by atoms with Crippen LogP contribution in [0.4, 0.5) is 4.39 Å². The summed E-state index contributed by atoms with van der Waals surface area (Å²) in [7, 11) is 1.81. The molecule has 1 heterocycles. The molecule has 1 aromatic carbocycles. The summed E-state index contributed by atoms with van der Waals surface area (Å²) in [5.41, 5.74) is 2.84. The average Bonchev–Trinajstić information content (AvgIpc) is 2.77. The van der Waals surface area contributed by atoms with Gasteiger partial charge in [0.1, 0.15) is 11.0 Å². The molecule has 0 amide bonds. The number of hydrogen-bond donors (Lipinski definition) is 1. The van der Waals surface area contributed by atoms with E-state index in [2.05, 4.69) is 10.00 Å². The van der Waals surface area contributed by atoms with E-state index in [0.29, 0.717) is 18.2 Å². The number of halogens is 2. The van der Waals surface area contributed by atoms with Crippen molar-refractivity contribution < 1.29 is 9.50 Å². The summed E-state index contributed by atoms with van der Waals surface area (Å²) >= 11 is 6.33. The van der Waals surface area contributed by atoms with Gasteiger partial charge in [0.25, 0.3) is 0 Å². The van der Waals surface area contributed by atoms with Crippen LogP contribution in [-0.4, -0.2) is 32.4 Å². The first-order valence-corrected chi connectivity index (χ1v) is 8.11. The van der Waals surface area contributed by atoms with Crippen molar-refractivity contribution in [3.8, 4) is 0 Å². The zero-order chi connectivity index (χ0) is 17.0. The first kappa shape index (κ1) is 17.9. The lowest BCUT2D eigenvalue weighted by Gasteiger charge is -2.30. The van der Waals surface area contributed by atoms with Crippen LogP contribution in [-0.2, 0) is 20.1 Å². The van der Waals surface area contributed by atoms with E-state index in [9.17, 15) is 9.50 Å². The fraction of sp³-hybridized carbons (Fsp3) is 0.471. The normalized spacial score (nSPS) is 12.8. The van der Waals surface area contributed by atoms with E-state index >= 15 is 0 Å². The number of benzene rings is 1. The summed E-state index contributed by atoms with van der Waals surface area (Å²) in [6.45, 7) is 5.24. The lowest BCUT2D eigenvalue weighted by atomic mass is 10.1. The molecule has 0 fully saturated rings. The van der Waals surface area contributed by atoms with Gasteiger partial charge in [0.2, 0.25) is 0 Å². The van der Waals surface area contributed by atoms with Gasteiger partial charge in [-0.25, -0.2) is 4.39 Å². The Morgan fingerprint density at radius 3 is 2.43 bits per heavy atom.